The Morgan fingerprint density at radius 1 is 0.879 bits per heavy atom. The number of fused-ring (bicyclic) bond motifs is 1. The van der Waals surface area contributed by atoms with Crippen molar-refractivity contribution < 1.29 is 14.6 Å². The van der Waals surface area contributed by atoms with E-state index in [1.54, 1.807) is 6.07 Å². The predicted octanol–water partition coefficient (Wildman–Crippen LogP) is 6.48. The third-order valence-electron chi connectivity index (χ3n) is 5.59. The van der Waals surface area contributed by atoms with Crippen molar-refractivity contribution in [3.8, 4) is 28.0 Å². The second-order valence-corrected chi connectivity index (χ2v) is 7.90. The number of aromatic nitrogens is 2. The molecule has 0 aliphatic heterocycles. The summed E-state index contributed by atoms with van der Waals surface area (Å²) in [6, 6.07) is 29.7. The molecule has 5 heteroatoms. The maximum absolute atomic E-state index is 11.8. The van der Waals surface area contributed by atoms with Crippen LogP contribution in [0.1, 0.15) is 21.7 Å². The minimum atomic E-state index is -0.991. The Bertz CT molecular complexity index is 1440. The molecule has 0 saturated heterocycles. The zero-order chi connectivity index (χ0) is 22.8. The van der Waals surface area contributed by atoms with Gasteiger partial charge in [-0.25, -0.2) is 9.78 Å². The number of aromatic carboxylic acids is 1. The second-order valence-electron chi connectivity index (χ2n) is 7.90. The van der Waals surface area contributed by atoms with E-state index in [1.165, 1.54) is 0 Å². The van der Waals surface area contributed by atoms with Crippen molar-refractivity contribution in [1.82, 2.24) is 9.97 Å². The first-order valence-corrected chi connectivity index (χ1v) is 10.7. The molecule has 2 N–H and O–H groups in total. The summed E-state index contributed by atoms with van der Waals surface area (Å²) in [5.41, 5.74) is 6.28. The van der Waals surface area contributed by atoms with Crippen LogP contribution in [0.5, 0.6) is 5.75 Å². The van der Waals surface area contributed by atoms with Gasteiger partial charge in [0.2, 0.25) is 0 Å². The van der Waals surface area contributed by atoms with Crippen LogP contribution < -0.4 is 4.74 Å². The Hall–Kier alpha value is -4.38. The number of nitrogens with one attached hydrogen (secondary N) is 1. The molecule has 0 bridgehead atoms. The monoisotopic (exact) mass is 434 g/mol. The number of H-pyrrole nitrogens is 1. The number of carbonyl (C=O) groups is 1. The Balaban J connectivity index is 1.46. The SMILES string of the molecule is Cc1nc2c(C(=O)O)cc(-c3ccc(-c4ccccc4OCc4ccccc4)cc3)cc2[nH]1. The highest BCUT2D eigenvalue weighted by Gasteiger charge is 2.15. The van der Waals surface area contributed by atoms with Crippen LogP contribution in [0.25, 0.3) is 33.3 Å². The normalized spacial score (nSPS) is 10.9. The van der Waals surface area contributed by atoms with Crippen molar-refractivity contribution in [2.75, 3.05) is 0 Å². The minimum absolute atomic E-state index is 0.190. The number of carboxylic acids is 1. The molecule has 0 spiro atoms. The number of nitrogens with zero attached hydrogens (tertiary/aromatic N) is 1. The van der Waals surface area contributed by atoms with Gasteiger partial charge >= 0.3 is 5.97 Å². The highest BCUT2D eigenvalue weighted by atomic mass is 16.5. The largest absolute Gasteiger partial charge is 0.488 e. The molecule has 0 fully saturated rings. The molecule has 0 aliphatic rings. The lowest BCUT2D eigenvalue weighted by molar-refractivity contribution is 0.0699. The number of rotatable bonds is 6. The number of aryl methyl sites for hydroxylation is 1. The summed E-state index contributed by atoms with van der Waals surface area (Å²) < 4.78 is 6.11. The smallest absolute Gasteiger partial charge is 0.337 e. The van der Waals surface area contributed by atoms with Crippen LogP contribution in [0.4, 0.5) is 0 Å². The van der Waals surface area contributed by atoms with Crippen molar-refractivity contribution in [3.05, 3.63) is 108 Å². The summed E-state index contributed by atoms with van der Waals surface area (Å²) in [4.78, 5) is 19.2. The Morgan fingerprint density at radius 2 is 1.58 bits per heavy atom. The zero-order valence-electron chi connectivity index (χ0n) is 18.1. The van der Waals surface area contributed by atoms with Crippen LogP contribution in [0.15, 0.2) is 91.0 Å². The lowest BCUT2D eigenvalue weighted by Gasteiger charge is -2.12. The molecule has 1 heterocycles. The second kappa shape index (κ2) is 8.63. The molecule has 0 unspecified atom stereocenters. The molecule has 0 aliphatic carbocycles. The van der Waals surface area contributed by atoms with Crippen molar-refractivity contribution in [2.24, 2.45) is 0 Å². The van der Waals surface area contributed by atoms with Gasteiger partial charge in [-0.05, 0) is 47.4 Å². The van der Waals surface area contributed by atoms with Gasteiger partial charge in [-0.2, -0.15) is 0 Å². The maximum atomic E-state index is 11.8. The van der Waals surface area contributed by atoms with E-state index >= 15 is 0 Å². The first-order chi connectivity index (χ1) is 16.1. The third-order valence-corrected chi connectivity index (χ3v) is 5.59. The number of hydrogen-bond acceptors (Lipinski definition) is 3. The van der Waals surface area contributed by atoms with E-state index < -0.39 is 5.97 Å². The fourth-order valence-corrected chi connectivity index (χ4v) is 3.98. The van der Waals surface area contributed by atoms with Gasteiger partial charge in [-0.3, -0.25) is 0 Å². The molecule has 0 amide bonds. The molecule has 162 valence electrons. The van der Waals surface area contributed by atoms with Crippen LogP contribution in [0.3, 0.4) is 0 Å². The topological polar surface area (TPSA) is 75.2 Å². The number of hydrogen-bond donors (Lipinski definition) is 2. The van der Waals surface area contributed by atoms with E-state index in [-0.39, 0.29) is 5.56 Å². The van der Waals surface area contributed by atoms with Gasteiger partial charge in [0.1, 0.15) is 23.7 Å². The zero-order valence-corrected chi connectivity index (χ0v) is 18.1. The lowest BCUT2D eigenvalue weighted by atomic mass is 9.98. The standard InChI is InChI=1S/C28H22N2O3/c1-18-29-25-16-22(15-24(28(31)32)27(25)30-18)20-11-13-21(14-12-20)23-9-5-6-10-26(23)33-17-19-7-3-2-4-8-19/h2-16H,17H2,1H3,(H,29,30)(H,31,32). The van der Waals surface area contributed by atoms with E-state index in [9.17, 15) is 9.90 Å². The fraction of sp³-hybridized carbons (Fsp3) is 0.0714. The molecular weight excluding hydrogens is 412 g/mol. The van der Waals surface area contributed by atoms with Gasteiger partial charge in [0.05, 0.1) is 11.1 Å². The van der Waals surface area contributed by atoms with Crippen LogP contribution in [-0.2, 0) is 6.61 Å². The Morgan fingerprint density at radius 3 is 2.33 bits per heavy atom. The molecule has 0 saturated carbocycles. The van der Waals surface area contributed by atoms with Gasteiger partial charge < -0.3 is 14.8 Å². The maximum Gasteiger partial charge on any atom is 0.337 e. The molecule has 0 radical (unpaired) electrons. The van der Waals surface area contributed by atoms with Crippen LogP contribution in [0.2, 0.25) is 0 Å². The quantitative estimate of drug-likeness (QED) is 0.321. The molecule has 5 aromatic rings. The van der Waals surface area contributed by atoms with Crippen LogP contribution >= 0.6 is 0 Å². The summed E-state index contributed by atoms with van der Waals surface area (Å²) in [5, 5.41) is 9.65. The van der Waals surface area contributed by atoms with Crippen LogP contribution in [-0.4, -0.2) is 21.0 Å². The number of para-hydroxylation sites is 1. The lowest BCUT2D eigenvalue weighted by Crippen LogP contribution is -1.98. The highest BCUT2D eigenvalue weighted by Crippen LogP contribution is 2.33. The van der Waals surface area contributed by atoms with Crippen LogP contribution in [0, 0.1) is 6.92 Å². The van der Waals surface area contributed by atoms with Gasteiger partial charge in [-0.1, -0.05) is 72.8 Å². The Labute approximate surface area is 191 Å². The molecule has 33 heavy (non-hydrogen) atoms. The molecule has 5 nitrogen and oxygen atoms in total. The molecular formula is C28H22N2O3. The summed E-state index contributed by atoms with van der Waals surface area (Å²) in [5.74, 6) is 0.512. The Kier molecular flexibility index (Phi) is 5.37. The van der Waals surface area contributed by atoms with E-state index in [0.29, 0.717) is 23.5 Å². The highest BCUT2D eigenvalue weighted by molar-refractivity contribution is 6.03. The van der Waals surface area contributed by atoms with E-state index in [0.717, 1.165) is 33.6 Å². The van der Waals surface area contributed by atoms with Gasteiger partial charge in [0, 0.05) is 5.56 Å². The van der Waals surface area contributed by atoms with Crippen molar-refractivity contribution >= 4 is 17.0 Å². The summed E-state index contributed by atoms with van der Waals surface area (Å²) in [7, 11) is 0. The number of imidazole rings is 1. The van der Waals surface area contributed by atoms with Gasteiger partial charge in [0.15, 0.2) is 0 Å². The average Bonchev–Trinajstić information content (AvgIpc) is 3.23. The minimum Gasteiger partial charge on any atom is -0.488 e. The first kappa shape index (κ1) is 20.5. The molecule has 0 atom stereocenters. The van der Waals surface area contributed by atoms with Gasteiger partial charge in [0.25, 0.3) is 0 Å². The van der Waals surface area contributed by atoms with Crippen molar-refractivity contribution in [1.29, 1.82) is 0 Å². The summed E-state index contributed by atoms with van der Waals surface area (Å²) >= 11 is 0. The number of carboxylic acid groups (broad SMARTS) is 1. The average molecular weight is 434 g/mol. The van der Waals surface area contributed by atoms with E-state index in [4.69, 9.17) is 4.74 Å². The summed E-state index contributed by atoms with van der Waals surface area (Å²) in [6.45, 7) is 2.31. The molecule has 5 rings (SSSR count). The first-order valence-electron chi connectivity index (χ1n) is 10.7. The van der Waals surface area contributed by atoms with E-state index in [2.05, 4.69) is 9.97 Å². The number of aromatic amines is 1. The molecule has 1 aromatic heterocycles. The predicted molar refractivity (Wildman–Crippen MR) is 129 cm³/mol. The van der Waals surface area contributed by atoms with E-state index in [1.807, 2.05) is 91.9 Å². The number of benzene rings is 4. The molecule has 4 aromatic carbocycles. The number of ether oxygens (including phenoxy) is 1. The summed E-state index contributed by atoms with van der Waals surface area (Å²) in [6.07, 6.45) is 0. The van der Waals surface area contributed by atoms with Gasteiger partial charge in [-0.15, -0.1) is 0 Å². The van der Waals surface area contributed by atoms with Crippen molar-refractivity contribution in [3.63, 3.8) is 0 Å². The van der Waals surface area contributed by atoms with Crippen molar-refractivity contribution in [2.45, 2.75) is 13.5 Å². The third kappa shape index (κ3) is 4.21. The fourth-order valence-electron chi connectivity index (χ4n) is 3.98.